The average molecular weight is 369 g/mol. The van der Waals surface area contributed by atoms with Crippen molar-refractivity contribution in [2.75, 3.05) is 4.72 Å². The van der Waals surface area contributed by atoms with Crippen molar-refractivity contribution in [2.24, 2.45) is 0 Å². The highest BCUT2D eigenvalue weighted by Gasteiger charge is 2.18. The fourth-order valence-corrected chi connectivity index (χ4v) is 2.45. The number of ether oxygens (including phenoxy) is 1. The van der Waals surface area contributed by atoms with Gasteiger partial charge in [0, 0.05) is 0 Å². The number of hydrogen-bond acceptors (Lipinski definition) is 4. The number of aryl methyl sites for hydroxylation is 1. The van der Waals surface area contributed by atoms with E-state index in [-0.39, 0.29) is 10.2 Å². The van der Waals surface area contributed by atoms with Crippen molar-refractivity contribution in [1.29, 1.82) is 0 Å². The molecule has 0 aromatic heterocycles. The van der Waals surface area contributed by atoms with Crippen molar-refractivity contribution in [3.63, 3.8) is 0 Å². The summed E-state index contributed by atoms with van der Waals surface area (Å²) in [7, 11) is -4.15. The number of carbonyl (C=O) groups is 1. The molecule has 0 radical (unpaired) electrons. The van der Waals surface area contributed by atoms with Gasteiger partial charge in [-0.2, -0.15) is 8.42 Å². The molecule has 2 N–H and O–H groups in total. The van der Waals surface area contributed by atoms with Crippen LogP contribution in [0.25, 0.3) is 0 Å². The Kier molecular flexibility index (Phi) is 5.35. The molecule has 1 rings (SSSR count). The zero-order valence-electron chi connectivity index (χ0n) is 11.0. The molecule has 0 unspecified atom stereocenters. The maximum absolute atomic E-state index is 13.2. The summed E-state index contributed by atoms with van der Waals surface area (Å²) >= 11 is 2.95. The van der Waals surface area contributed by atoms with Crippen LogP contribution in [0.15, 0.2) is 16.6 Å². The molecule has 1 aromatic rings. The highest BCUT2D eigenvalue weighted by atomic mass is 79.9. The smallest absolute Gasteiger partial charge is 0.422 e. The lowest BCUT2D eigenvalue weighted by Gasteiger charge is -2.13. The summed E-state index contributed by atoms with van der Waals surface area (Å²) in [6, 6.07) is 2.42. The molecule has 1 amide bonds. The van der Waals surface area contributed by atoms with Crippen LogP contribution in [0.5, 0.6) is 0 Å². The highest BCUT2D eigenvalue weighted by Crippen LogP contribution is 2.24. The normalized spacial score (nSPS) is 11.3. The molecule has 9 heteroatoms. The lowest BCUT2D eigenvalue weighted by molar-refractivity contribution is 0.121. The maximum atomic E-state index is 13.2. The second-order valence-corrected chi connectivity index (χ2v) is 6.51. The van der Waals surface area contributed by atoms with Gasteiger partial charge in [0.15, 0.2) is 0 Å². The van der Waals surface area contributed by atoms with Gasteiger partial charge in [-0.15, -0.1) is 0 Å². The number of anilines is 1. The summed E-state index contributed by atoms with van der Waals surface area (Å²) in [6.45, 7) is 4.70. The van der Waals surface area contributed by atoms with Crippen LogP contribution in [0, 0.1) is 12.7 Å². The molecule has 0 aliphatic heterocycles. The topological polar surface area (TPSA) is 84.5 Å². The molecule has 0 saturated heterocycles. The van der Waals surface area contributed by atoms with Gasteiger partial charge in [0.2, 0.25) is 0 Å². The fraction of sp³-hybridized carbons (Fsp3) is 0.364. The Labute approximate surface area is 125 Å². The van der Waals surface area contributed by atoms with E-state index in [0.717, 1.165) is 6.07 Å². The number of nitrogens with one attached hydrogen (secondary N) is 2. The number of halogens is 2. The predicted molar refractivity (Wildman–Crippen MR) is 76.1 cm³/mol. The zero-order valence-corrected chi connectivity index (χ0v) is 13.4. The first kappa shape index (κ1) is 16.7. The summed E-state index contributed by atoms with van der Waals surface area (Å²) in [4.78, 5) is 11.2. The van der Waals surface area contributed by atoms with Gasteiger partial charge in [0.05, 0.1) is 16.3 Å². The minimum absolute atomic E-state index is 0.102. The number of benzene rings is 1. The highest BCUT2D eigenvalue weighted by molar-refractivity contribution is 9.10. The van der Waals surface area contributed by atoms with Gasteiger partial charge in [0.25, 0.3) is 0 Å². The monoisotopic (exact) mass is 368 g/mol. The molecule has 20 heavy (non-hydrogen) atoms. The van der Waals surface area contributed by atoms with Gasteiger partial charge in [-0.1, -0.05) is 0 Å². The SMILES string of the molecule is Cc1cc(F)c(Br)cc1NS(=O)(=O)NC(=O)OC(C)C. The van der Waals surface area contributed by atoms with Crippen molar-refractivity contribution in [2.45, 2.75) is 26.9 Å². The molecule has 0 saturated carbocycles. The molecule has 0 fully saturated rings. The molecular formula is C11H14BrFN2O4S. The first-order chi connectivity index (χ1) is 9.10. The first-order valence-electron chi connectivity index (χ1n) is 5.57. The molecule has 0 spiro atoms. The maximum Gasteiger partial charge on any atom is 0.422 e. The van der Waals surface area contributed by atoms with Crippen LogP contribution < -0.4 is 9.44 Å². The summed E-state index contributed by atoms with van der Waals surface area (Å²) in [5.74, 6) is -0.516. The van der Waals surface area contributed by atoms with Gasteiger partial charge < -0.3 is 4.74 Å². The summed E-state index contributed by atoms with van der Waals surface area (Å²) in [5.41, 5.74) is 0.511. The Morgan fingerprint density at radius 2 is 2.00 bits per heavy atom. The zero-order chi connectivity index (χ0) is 15.5. The molecule has 6 nitrogen and oxygen atoms in total. The van der Waals surface area contributed by atoms with Gasteiger partial charge in [0.1, 0.15) is 5.82 Å². The second-order valence-electron chi connectivity index (χ2n) is 4.24. The van der Waals surface area contributed by atoms with E-state index in [1.165, 1.54) is 13.0 Å². The van der Waals surface area contributed by atoms with E-state index in [2.05, 4.69) is 25.4 Å². The van der Waals surface area contributed by atoms with Crippen molar-refractivity contribution in [1.82, 2.24) is 4.72 Å². The van der Waals surface area contributed by atoms with Gasteiger partial charge in [-0.3, -0.25) is 4.72 Å². The third kappa shape index (κ3) is 4.97. The number of amides is 1. The van der Waals surface area contributed by atoms with Crippen molar-refractivity contribution in [3.05, 3.63) is 28.0 Å². The van der Waals surface area contributed by atoms with Crippen LogP contribution in [0.2, 0.25) is 0 Å². The van der Waals surface area contributed by atoms with E-state index >= 15 is 0 Å². The van der Waals surface area contributed by atoms with E-state index < -0.39 is 28.2 Å². The van der Waals surface area contributed by atoms with E-state index in [1.807, 2.05) is 0 Å². The minimum Gasteiger partial charge on any atom is -0.446 e. The van der Waals surface area contributed by atoms with E-state index in [1.54, 1.807) is 18.6 Å². The van der Waals surface area contributed by atoms with Gasteiger partial charge in [-0.05, 0) is 54.4 Å². The molecule has 0 aliphatic rings. The fourth-order valence-electron chi connectivity index (χ4n) is 1.27. The van der Waals surface area contributed by atoms with Crippen molar-refractivity contribution >= 4 is 37.9 Å². The Hall–Kier alpha value is -1.35. The Morgan fingerprint density at radius 3 is 2.55 bits per heavy atom. The van der Waals surface area contributed by atoms with Gasteiger partial charge >= 0.3 is 16.3 Å². The van der Waals surface area contributed by atoms with E-state index in [9.17, 15) is 17.6 Å². The predicted octanol–water partition coefficient (Wildman–Crippen LogP) is 2.69. The van der Waals surface area contributed by atoms with Crippen LogP contribution in [0.4, 0.5) is 14.9 Å². The standard InChI is InChI=1S/C11H14BrFN2O4S/c1-6(2)19-11(16)15-20(17,18)14-10-5-8(12)9(13)4-7(10)3/h4-6,14H,1-3H3,(H,15,16). The molecule has 0 heterocycles. The number of hydrogen-bond donors (Lipinski definition) is 2. The number of rotatable bonds is 4. The molecule has 1 aromatic carbocycles. The van der Waals surface area contributed by atoms with E-state index in [0.29, 0.717) is 5.56 Å². The van der Waals surface area contributed by atoms with Crippen LogP contribution in [0.1, 0.15) is 19.4 Å². The van der Waals surface area contributed by atoms with E-state index in [4.69, 9.17) is 0 Å². The summed E-state index contributed by atoms with van der Waals surface area (Å²) < 4.78 is 45.2. The largest absolute Gasteiger partial charge is 0.446 e. The minimum atomic E-state index is -4.15. The Bertz CT molecular complexity index is 619. The molecular weight excluding hydrogens is 355 g/mol. The number of carbonyl (C=O) groups excluding carboxylic acids is 1. The molecule has 112 valence electrons. The van der Waals surface area contributed by atoms with Crippen molar-refractivity contribution < 1.29 is 22.3 Å². The Morgan fingerprint density at radius 1 is 1.40 bits per heavy atom. The first-order valence-corrected chi connectivity index (χ1v) is 7.85. The third-order valence-electron chi connectivity index (χ3n) is 2.07. The van der Waals surface area contributed by atoms with Crippen LogP contribution in [0.3, 0.4) is 0 Å². The lowest BCUT2D eigenvalue weighted by Crippen LogP contribution is -2.37. The van der Waals surface area contributed by atoms with Gasteiger partial charge in [-0.25, -0.2) is 13.9 Å². The van der Waals surface area contributed by atoms with Crippen LogP contribution in [-0.4, -0.2) is 20.6 Å². The van der Waals surface area contributed by atoms with Crippen LogP contribution in [-0.2, 0) is 14.9 Å². The molecule has 0 atom stereocenters. The second kappa shape index (κ2) is 6.40. The lowest BCUT2D eigenvalue weighted by atomic mass is 10.2. The van der Waals surface area contributed by atoms with Crippen molar-refractivity contribution in [3.8, 4) is 0 Å². The average Bonchev–Trinajstić information content (AvgIpc) is 2.23. The quantitative estimate of drug-likeness (QED) is 0.855. The third-order valence-corrected chi connectivity index (χ3v) is 3.60. The summed E-state index contributed by atoms with van der Waals surface area (Å²) in [6.07, 6.45) is -1.54. The van der Waals surface area contributed by atoms with Crippen LogP contribution >= 0.6 is 15.9 Å². The molecule has 0 aliphatic carbocycles. The Balaban J connectivity index is 2.87. The summed E-state index contributed by atoms with van der Waals surface area (Å²) in [5, 5.41) is 0. The molecule has 0 bridgehead atoms.